The highest BCUT2D eigenvalue weighted by Crippen LogP contribution is 2.33. The van der Waals surface area contributed by atoms with Crippen LogP contribution < -0.4 is 10.2 Å². The number of aliphatic imine (C=N–C) groups is 1. The SMILES string of the molecule is CCOC(=O)C1=C(C)NC(SCCC(=O)O)=N[C@H]1c1ccc(N(C)C)cc1. The lowest BCUT2D eigenvalue weighted by atomic mass is 9.96. The predicted octanol–water partition coefficient (Wildman–Crippen LogP) is 2.80. The van der Waals surface area contributed by atoms with Gasteiger partial charge in [0.25, 0.3) is 0 Å². The molecule has 0 fully saturated rings. The van der Waals surface area contributed by atoms with Crippen molar-refractivity contribution in [3.63, 3.8) is 0 Å². The van der Waals surface area contributed by atoms with E-state index in [2.05, 4.69) is 10.3 Å². The molecule has 2 N–H and O–H groups in total. The zero-order valence-electron chi connectivity index (χ0n) is 16.0. The second-order valence-electron chi connectivity index (χ2n) is 6.20. The summed E-state index contributed by atoms with van der Waals surface area (Å²) >= 11 is 1.33. The fraction of sp³-hybridized carbons (Fsp3) is 0.421. The van der Waals surface area contributed by atoms with Gasteiger partial charge in [0.15, 0.2) is 5.17 Å². The number of carbonyl (C=O) groups is 2. The lowest BCUT2D eigenvalue weighted by Crippen LogP contribution is -2.30. The van der Waals surface area contributed by atoms with E-state index in [0.717, 1.165) is 11.3 Å². The number of carbonyl (C=O) groups excluding carboxylic acids is 1. The molecule has 0 bridgehead atoms. The number of thioether (sulfide) groups is 1. The summed E-state index contributed by atoms with van der Waals surface area (Å²) in [6, 6.07) is 7.35. The van der Waals surface area contributed by atoms with Crippen LogP contribution in [0.25, 0.3) is 0 Å². The van der Waals surface area contributed by atoms with Gasteiger partial charge in [-0.25, -0.2) is 9.79 Å². The lowest BCUT2D eigenvalue weighted by Gasteiger charge is -2.26. The van der Waals surface area contributed by atoms with Crippen molar-refractivity contribution in [2.75, 3.05) is 31.4 Å². The van der Waals surface area contributed by atoms with Crippen LogP contribution in [0.15, 0.2) is 40.5 Å². The molecule has 2 rings (SSSR count). The average Bonchev–Trinajstić information content (AvgIpc) is 2.61. The van der Waals surface area contributed by atoms with E-state index in [9.17, 15) is 9.59 Å². The second-order valence-corrected chi connectivity index (χ2v) is 7.28. The zero-order valence-corrected chi connectivity index (χ0v) is 16.8. The molecule has 0 saturated heterocycles. The minimum Gasteiger partial charge on any atom is -0.481 e. The molecule has 1 heterocycles. The van der Waals surface area contributed by atoms with Gasteiger partial charge in [0.1, 0.15) is 6.04 Å². The summed E-state index contributed by atoms with van der Waals surface area (Å²) in [5, 5.41) is 12.5. The van der Waals surface area contributed by atoms with Crippen LogP contribution in [0, 0.1) is 0 Å². The first kappa shape index (κ1) is 20.8. The maximum atomic E-state index is 12.5. The molecule has 0 saturated carbocycles. The summed E-state index contributed by atoms with van der Waals surface area (Å²) in [7, 11) is 3.92. The number of ether oxygens (including phenoxy) is 1. The first-order valence-corrected chi connectivity index (χ1v) is 9.66. The number of hydrogen-bond acceptors (Lipinski definition) is 7. The van der Waals surface area contributed by atoms with Crippen LogP contribution in [-0.4, -0.2) is 48.7 Å². The molecule has 1 aliphatic heterocycles. The molecule has 1 aromatic carbocycles. The number of rotatable bonds is 7. The van der Waals surface area contributed by atoms with Crippen molar-refractivity contribution in [2.45, 2.75) is 26.3 Å². The van der Waals surface area contributed by atoms with Crippen molar-refractivity contribution in [1.29, 1.82) is 0 Å². The van der Waals surface area contributed by atoms with Gasteiger partial charge in [-0.3, -0.25) is 4.79 Å². The van der Waals surface area contributed by atoms with Crippen LogP contribution >= 0.6 is 11.8 Å². The number of aliphatic carboxylic acids is 1. The second kappa shape index (κ2) is 9.45. The molecule has 7 nitrogen and oxygen atoms in total. The highest BCUT2D eigenvalue weighted by atomic mass is 32.2. The van der Waals surface area contributed by atoms with Crippen molar-refractivity contribution >= 4 is 34.6 Å². The van der Waals surface area contributed by atoms with Gasteiger partial charge in [0.2, 0.25) is 0 Å². The zero-order chi connectivity index (χ0) is 20.0. The van der Waals surface area contributed by atoms with Crippen molar-refractivity contribution in [1.82, 2.24) is 5.32 Å². The van der Waals surface area contributed by atoms with Crippen LogP contribution in [0.5, 0.6) is 0 Å². The van der Waals surface area contributed by atoms with Crippen molar-refractivity contribution in [3.05, 3.63) is 41.1 Å². The van der Waals surface area contributed by atoms with E-state index >= 15 is 0 Å². The minimum atomic E-state index is -0.853. The third kappa shape index (κ3) is 5.50. The first-order chi connectivity index (χ1) is 12.8. The third-order valence-electron chi connectivity index (χ3n) is 3.99. The molecule has 0 aliphatic carbocycles. The van der Waals surface area contributed by atoms with Crippen LogP contribution in [0.2, 0.25) is 0 Å². The van der Waals surface area contributed by atoms with E-state index in [1.165, 1.54) is 11.8 Å². The highest BCUT2D eigenvalue weighted by molar-refractivity contribution is 8.13. The Labute approximate surface area is 163 Å². The Morgan fingerprint density at radius 2 is 1.96 bits per heavy atom. The van der Waals surface area contributed by atoms with E-state index in [0.29, 0.717) is 22.2 Å². The summed E-state index contributed by atoms with van der Waals surface area (Å²) in [6.07, 6.45) is 0.0427. The molecule has 0 unspecified atom stereocenters. The van der Waals surface area contributed by atoms with E-state index in [-0.39, 0.29) is 13.0 Å². The number of benzene rings is 1. The van der Waals surface area contributed by atoms with Gasteiger partial charge in [-0.1, -0.05) is 23.9 Å². The Morgan fingerprint density at radius 1 is 1.30 bits per heavy atom. The number of allylic oxidation sites excluding steroid dienone is 1. The van der Waals surface area contributed by atoms with Gasteiger partial charge in [-0.05, 0) is 31.5 Å². The van der Waals surface area contributed by atoms with Gasteiger partial charge in [0, 0.05) is 31.2 Å². The maximum absolute atomic E-state index is 12.5. The maximum Gasteiger partial charge on any atom is 0.338 e. The Kier molecular flexibility index (Phi) is 7.29. The normalized spacial score (nSPS) is 16.4. The number of carboxylic acids is 1. The lowest BCUT2D eigenvalue weighted by molar-refractivity contribution is -0.139. The molecule has 0 spiro atoms. The summed E-state index contributed by atoms with van der Waals surface area (Å²) < 4.78 is 5.21. The van der Waals surface area contributed by atoms with Crippen LogP contribution in [0.3, 0.4) is 0 Å². The minimum absolute atomic E-state index is 0.0427. The van der Waals surface area contributed by atoms with E-state index in [4.69, 9.17) is 9.84 Å². The summed E-state index contributed by atoms with van der Waals surface area (Å²) in [5.74, 6) is -0.855. The number of anilines is 1. The topological polar surface area (TPSA) is 91.2 Å². The van der Waals surface area contributed by atoms with E-state index < -0.39 is 18.0 Å². The molecule has 1 atom stereocenters. The number of nitrogens with zero attached hydrogens (tertiary/aromatic N) is 2. The molecule has 1 aromatic rings. The molecule has 0 amide bonds. The number of esters is 1. The third-order valence-corrected chi connectivity index (χ3v) is 4.88. The van der Waals surface area contributed by atoms with Crippen molar-refractivity contribution in [3.8, 4) is 0 Å². The van der Waals surface area contributed by atoms with E-state index in [1.807, 2.05) is 43.3 Å². The average molecular weight is 391 g/mol. The van der Waals surface area contributed by atoms with Gasteiger partial charge >= 0.3 is 11.9 Å². The van der Waals surface area contributed by atoms with Crippen LogP contribution in [0.4, 0.5) is 5.69 Å². The van der Waals surface area contributed by atoms with Gasteiger partial charge in [-0.2, -0.15) is 0 Å². The molecule has 0 aromatic heterocycles. The number of nitrogens with one attached hydrogen (secondary N) is 1. The molecular formula is C19H25N3O4S. The fourth-order valence-electron chi connectivity index (χ4n) is 2.62. The van der Waals surface area contributed by atoms with E-state index in [1.54, 1.807) is 13.8 Å². The summed E-state index contributed by atoms with van der Waals surface area (Å²) in [5.41, 5.74) is 3.06. The Bertz CT molecular complexity index is 757. The molecule has 8 heteroatoms. The monoisotopic (exact) mass is 391 g/mol. The molecule has 27 heavy (non-hydrogen) atoms. The highest BCUT2D eigenvalue weighted by Gasteiger charge is 2.30. The fourth-order valence-corrected chi connectivity index (χ4v) is 3.50. The van der Waals surface area contributed by atoms with Gasteiger partial charge in [0.05, 0.1) is 18.6 Å². The summed E-state index contributed by atoms with van der Waals surface area (Å²) in [4.78, 5) is 29.9. The van der Waals surface area contributed by atoms with Crippen LogP contribution in [0.1, 0.15) is 31.9 Å². The van der Waals surface area contributed by atoms with Gasteiger partial charge < -0.3 is 20.1 Å². The van der Waals surface area contributed by atoms with Crippen molar-refractivity contribution < 1.29 is 19.4 Å². The number of carboxylic acid groups (broad SMARTS) is 1. The molecule has 0 radical (unpaired) electrons. The Morgan fingerprint density at radius 3 is 2.52 bits per heavy atom. The van der Waals surface area contributed by atoms with Crippen molar-refractivity contribution in [2.24, 2.45) is 4.99 Å². The van der Waals surface area contributed by atoms with Gasteiger partial charge in [-0.15, -0.1) is 0 Å². The largest absolute Gasteiger partial charge is 0.481 e. The quantitative estimate of drug-likeness (QED) is 0.691. The summed E-state index contributed by atoms with van der Waals surface area (Å²) in [6.45, 7) is 3.85. The molecule has 1 aliphatic rings. The number of hydrogen-bond donors (Lipinski definition) is 2. The first-order valence-electron chi connectivity index (χ1n) is 8.68. The molecular weight excluding hydrogens is 366 g/mol. The molecule has 146 valence electrons. The standard InChI is InChI=1S/C19H25N3O4S/c1-5-26-18(25)16-12(2)20-19(27-11-10-15(23)24)21-17(16)13-6-8-14(9-7-13)22(3)4/h6-9,17H,5,10-11H2,1-4H3,(H,20,21)(H,23,24)/t17-/m0/s1. The number of amidine groups is 1. The smallest absolute Gasteiger partial charge is 0.338 e. The van der Waals surface area contributed by atoms with Crippen LogP contribution in [-0.2, 0) is 14.3 Å². The Hall–Kier alpha value is -2.48. The Balaban J connectivity index is 2.33. The predicted molar refractivity (Wildman–Crippen MR) is 108 cm³/mol.